The summed E-state index contributed by atoms with van der Waals surface area (Å²) >= 11 is 0.973. The molecule has 1 unspecified atom stereocenters. The van der Waals surface area contributed by atoms with E-state index < -0.39 is 5.97 Å². The zero-order chi connectivity index (χ0) is 10.8. The molecule has 1 saturated heterocycles. The molecule has 6 heteroatoms. The molecule has 2 rings (SSSR count). The van der Waals surface area contributed by atoms with Crippen molar-refractivity contribution in [1.29, 1.82) is 0 Å². The molecule has 0 spiro atoms. The van der Waals surface area contributed by atoms with Crippen molar-refractivity contribution in [1.82, 2.24) is 14.3 Å². The lowest BCUT2D eigenvalue weighted by Crippen LogP contribution is -2.31. The van der Waals surface area contributed by atoms with E-state index in [2.05, 4.69) is 21.3 Å². The third-order valence-electron chi connectivity index (χ3n) is 2.61. The number of carboxylic acid groups (broad SMARTS) is 1. The SMILES string of the molecule is CN1CCCC(c2nsc(C(=O)O)n2)C1. The summed E-state index contributed by atoms with van der Waals surface area (Å²) in [4.78, 5) is 16.9. The number of nitrogens with zero attached hydrogens (tertiary/aromatic N) is 3. The van der Waals surface area contributed by atoms with Crippen LogP contribution in [0.1, 0.15) is 34.4 Å². The van der Waals surface area contributed by atoms with Crippen molar-refractivity contribution in [3.63, 3.8) is 0 Å². The van der Waals surface area contributed by atoms with Crippen molar-refractivity contribution in [3.8, 4) is 0 Å². The van der Waals surface area contributed by atoms with Gasteiger partial charge in [-0.25, -0.2) is 9.78 Å². The topological polar surface area (TPSA) is 66.3 Å². The molecule has 1 fully saturated rings. The van der Waals surface area contributed by atoms with Gasteiger partial charge in [0, 0.05) is 12.5 Å². The van der Waals surface area contributed by atoms with Crippen LogP contribution in [-0.4, -0.2) is 45.5 Å². The molecule has 1 aliphatic heterocycles. The minimum Gasteiger partial charge on any atom is -0.476 e. The fourth-order valence-corrected chi connectivity index (χ4v) is 2.45. The Kier molecular flexibility index (Phi) is 2.97. The first-order chi connectivity index (χ1) is 7.16. The number of hydrogen-bond acceptors (Lipinski definition) is 5. The van der Waals surface area contributed by atoms with Gasteiger partial charge in [0.05, 0.1) is 0 Å². The number of likely N-dealkylation sites (tertiary alicyclic amines) is 1. The Labute approximate surface area is 91.9 Å². The zero-order valence-electron chi connectivity index (χ0n) is 8.51. The van der Waals surface area contributed by atoms with E-state index in [0.717, 1.165) is 37.5 Å². The number of piperidine rings is 1. The minimum atomic E-state index is -0.983. The summed E-state index contributed by atoms with van der Waals surface area (Å²) in [5.41, 5.74) is 0. The van der Waals surface area contributed by atoms with Gasteiger partial charge in [-0.15, -0.1) is 0 Å². The Hall–Kier alpha value is -1.01. The predicted octanol–water partition coefficient (Wildman–Crippen LogP) is 1.05. The zero-order valence-corrected chi connectivity index (χ0v) is 9.33. The summed E-state index contributed by atoms with van der Waals surface area (Å²) in [6.07, 6.45) is 2.18. The highest BCUT2D eigenvalue weighted by Gasteiger charge is 2.23. The van der Waals surface area contributed by atoms with Gasteiger partial charge in [-0.3, -0.25) is 0 Å². The number of carboxylic acids is 1. The van der Waals surface area contributed by atoms with Crippen LogP contribution in [0.25, 0.3) is 0 Å². The molecule has 1 atom stereocenters. The Morgan fingerprint density at radius 1 is 1.67 bits per heavy atom. The van der Waals surface area contributed by atoms with Crippen LogP contribution in [0.3, 0.4) is 0 Å². The second-order valence-corrected chi connectivity index (χ2v) is 4.62. The van der Waals surface area contributed by atoms with Gasteiger partial charge in [-0.05, 0) is 38.0 Å². The molecule has 0 aliphatic carbocycles. The molecule has 1 aliphatic rings. The van der Waals surface area contributed by atoms with E-state index in [1.165, 1.54) is 0 Å². The van der Waals surface area contributed by atoms with Crippen LogP contribution in [0.4, 0.5) is 0 Å². The molecular weight excluding hydrogens is 214 g/mol. The largest absolute Gasteiger partial charge is 0.476 e. The molecule has 0 bridgehead atoms. The number of rotatable bonds is 2. The molecule has 5 nitrogen and oxygen atoms in total. The van der Waals surface area contributed by atoms with Crippen molar-refractivity contribution >= 4 is 17.5 Å². The maximum Gasteiger partial charge on any atom is 0.366 e. The monoisotopic (exact) mass is 227 g/mol. The lowest BCUT2D eigenvalue weighted by molar-refractivity contribution is 0.0696. The first-order valence-electron chi connectivity index (χ1n) is 4.92. The molecule has 0 aromatic carbocycles. The van der Waals surface area contributed by atoms with E-state index >= 15 is 0 Å². The van der Waals surface area contributed by atoms with Gasteiger partial charge in [0.1, 0.15) is 5.82 Å². The summed E-state index contributed by atoms with van der Waals surface area (Å²) in [7, 11) is 2.07. The molecule has 0 radical (unpaired) electrons. The lowest BCUT2D eigenvalue weighted by atomic mass is 9.98. The van der Waals surface area contributed by atoms with Gasteiger partial charge in [0.15, 0.2) is 0 Å². The first-order valence-corrected chi connectivity index (χ1v) is 5.69. The average molecular weight is 227 g/mol. The lowest BCUT2D eigenvalue weighted by Gasteiger charge is -2.27. The van der Waals surface area contributed by atoms with Crippen molar-refractivity contribution in [2.75, 3.05) is 20.1 Å². The maximum absolute atomic E-state index is 10.7. The van der Waals surface area contributed by atoms with E-state index in [1.54, 1.807) is 0 Å². The molecular formula is C9H13N3O2S. The van der Waals surface area contributed by atoms with E-state index in [0.29, 0.717) is 11.7 Å². The van der Waals surface area contributed by atoms with Crippen LogP contribution >= 0.6 is 11.5 Å². The number of likely N-dealkylation sites (N-methyl/N-ethyl adjacent to an activating group) is 1. The van der Waals surface area contributed by atoms with Gasteiger partial charge < -0.3 is 10.0 Å². The highest BCUT2D eigenvalue weighted by Crippen LogP contribution is 2.24. The maximum atomic E-state index is 10.7. The molecule has 0 saturated carbocycles. The van der Waals surface area contributed by atoms with Gasteiger partial charge in [0.25, 0.3) is 0 Å². The Balaban J connectivity index is 2.11. The molecule has 82 valence electrons. The quantitative estimate of drug-likeness (QED) is 0.818. The standard InChI is InChI=1S/C9H13N3O2S/c1-12-4-2-3-6(5-12)7-10-8(9(13)14)15-11-7/h6H,2-5H2,1H3,(H,13,14). The molecule has 1 N–H and O–H groups in total. The third kappa shape index (κ3) is 2.32. The Morgan fingerprint density at radius 2 is 2.47 bits per heavy atom. The third-order valence-corrected chi connectivity index (χ3v) is 3.33. The fraction of sp³-hybridized carbons (Fsp3) is 0.667. The normalized spacial score (nSPS) is 22.9. The van der Waals surface area contributed by atoms with Crippen LogP contribution in [0.2, 0.25) is 0 Å². The fourth-order valence-electron chi connectivity index (χ4n) is 1.86. The van der Waals surface area contributed by atoms with Gasteiger partial charge in [-0.2, -0.15) is 4.37 Å². The summed E-state index contributed by atoms with van der Waals surface area (Å²) in [5, 5.41) is 8.84. The summed E-state index contributed by atoms with van der Waals surface area (Å²) in [6, 6.07) is 0. The smallest absolute Gasteiger partial charge is 0.366 e. The minimum absolute atomic E-state index is 0.0956. The number of aromatic carboxylic acids is 1. The molecule has 1 aromatic rings. The van der Waals surface area contributed by atoms with E-state index in [1.807, 2.05) is 0 Å². The summed E-state index contributed by atoms with van der Waals surface area (Å²) in [5.74, 6) is 0.0139. The molecule has 2 heterocycles. The number of hydrogen-bond donors (Lipinski definition) is 1. The predicted molar refractivity (Wildman–Crippen MR) is 56.3 cm³/mol. The first kappa shape index (κ1) is 10.5. The summed E-state index contributed by atoms with van der Waals surface area (Å²) < 4.78 is 4.12. The van der Waals surface area contributed by atoms with Crippen molar-refractivity contribution in [2.45, 2.75) is 18.8 Å². The highest BCUT2D eigenvalue weighted by molar-refractivity contribution is 7.07. The van der Waals surface area contributed by atoms with Crippen molar-refractivity contribution < 1.29 is 9.90 Å². The van der Waals surface area contributed by atoms with E-state index in [9.17, 15) is 4.79 Å². The highest BCUT2D eigenvalue weighted by atomic mass is 32.1. The van der Waals surface area contributed by atoms with E-state index in [-0.39, 0.29) is 5.01 Å². The Bertz CT molecular complexity index is 366. The average Bonchev–Trinajstić information content (AvgIpc) is 2.66. The van der Waals surface area contributed by atoms with Gasteiger partial charge >= 0.3 is 5.97 Å². The van der Waals surface area contributed by atoms with Crippen LogP contribution in [0.5, 0.6) is 0 Å². The van der Waals surface area contributed by atoms with Crippen molar-refractivity contribution in [2.24, 2.45) is 0 Å². The van der Waals surface area contributed by atoms with Crippen LogP contribution in [-0.2, 0) is 0 Å². The van der Waals surface area contributed by atoms with Crippen LogP contribution < -0.4 is 0 Å². The molecule has 1 aromatic heterocycles. The van der Waals surface area contributed by atoms with Crippen molar-refractivity contribution in [3.05, 3.63) is 10.8 Å². The number of aromatic nitrogens is 2. The van der Waals surface area contributed by atoms with Crippen LogP contribution in [0, 0.1) is 0 Å². The summed E-state index contributed by atoms with van der Waals surface area (Å²) in [6.45, 7) is 2.03. The van der Waals surface area contributed by atoms with Crippen LogP contribution in [0.15, 0.2) is 0 Å². The second-order valence-electron chi connectivity index (χ2n) is 3.86. The van der Waals surface area contributed by atoms with Gasteiger partial charge in [-0.1, -0.05) is 0 Å². The molecule has 15 heavy (non-hydrogen) atoms. The Morgan fingerprint density at radius 3 is 3.07 bits per heavy atom. The number of carbonyl (C=O) groups is 1. The van der Waals surface area contributed by atoms with Gasteiger partial charge in [0.2, 0.25) is 5.01 Å². The second kappa shape index (κ2) is 4.24. The van der Waals surface area contributed by atoms with E-state index in [4.69, 9.17) is 5.11 Å². The molecule has 0 amide bonds.